The summed E-state index contributed by atoms with van der Waals surface area (Å²) in [6, 6.07) is 42.6. The lowest BCUT2D eigenvalue weighted by Gasteiger charge is -2.46. The Hall–Kier alpha value is -3.21. The third kappa shape index (κ3) is 5.66. The molecule has 40 heavy (non-hydrogen) atoms. The summed E-state index contributed by atoms with van der Waals surface area (Å²) in [4.78, 5) is 0. The zero-order chi connectivity index (χ0) is 28.9. The first-order chi connectivity index (χ1) is 19.1. The van der Waals surface area contributed by atoms with Gasteiger partial charge in [-0.2, -0.15) is 0 Å². The first-order valence-corrected chi connectivity index (χ1v) is 17.9. The molecule has 0 N–H and O–H groups in total. The highest BCUT2D eigenvalue weighted by Crippen LogP contribution is 2.39. The zero-order valence-electron chi connectivity index (χ0n) is 24.7. The first kappa shape index (κ1) is 29.8. The highest BCUT2D eigenvalue weighted by atomic mass is 28.4. The van der Waals surface area contributed by atoms with Gasteiger partial charge in [-0.25, -0.2) is 0 Å². The second-order valence-electron chi connectivity index (χ2n) is 12.4. The molecule has 4 aromatic carbocycles. The monoisotopic (exact) mass is 562 g/mol. The van der Waals surface area contributed by atoms with E-state index in [-0.39, 0.29) is 10.1 Å². The molecule has 0 heterocycles. The van der Waals surface area contributed by atoms with Crippen molar-refractivity contribution < 1.29 is 8.85 Å². The molecule has 0 saturated carbocycles. The van der Waals surface area contributed by atoms with Crippen molar-refractivity contribution in [1.82, 2.24) is 0 Å². The van der Waals surface area contributed by atoms with Gasteiger partial charge in [0.1, 0.15) is 6.10 Å². The molecule has 1 unspecified atom stereocenters. The van der Waals surface area contributed by atoms with Crippen LogP contribution in [0.4, 0.5) is 0 Å². The lowest BCUT2D eigenvalue weighted by molar-refractivity contribution is 0.155. The summed E-state index contributed by atoms with van der Waals surface area (Å²) in [6.07, 6.45) is 5.76. The van der Waals surface area contributed by atoms with E-state index in [0.717, 1.165) is 0 Å². The molecule has 2 nitrogen and oxygen atoms in total. The molecular formula is C36H42O2Si2. The van der Waals surface area contributed by atoms with Crippen molar-refractivity contribution in [3.63, 3.8) is 0 Å². The molecule has 0 aliphatic rings. The number of benzene rings is 4. The second-order valence-corrected chi connectivity index (χ2v) is 21.0. The molecule has 4 heteroatoms. The molecule has 0 bridgehead atoms. The van der Waals surface area contributed by atoms with Gasteiger partial charge in [-0.1, -0.05) is 169 Å². The largest absolute Gasteiger partial charge is 0.404 e. The van der Waals surface area contributed by atoms with Crippen LogP contribution in [0.15, 0.2) is 121 Å². The van der Waals surface area contributed by atoms with Gasteiger partial charge in [0, 0.05) is 0 Å². The van der Waals surface area contributed by atoms with Gasteiger partial charge in [-0.3, -0.25) is 0 Å². The van der Waals surface area contributed by atoms with Crippen LogP contribution in [0.5, 0.6) is 0 Å². The topological polar surface area (TPSA) is 18.5 Å². The summed E-state index contributed by atoms with van der Waals surface area (Å²) >= 11 is 0. The van der Waals surface area contributed by atoms with E-state index in [1.54, 1.807) is 0 Å². The van der Waals surface area contributed by atoms with E-state index in [4.69, 9.17) is 15.3 Å². The summed E-state index contributed by atoms with van der Waals surface area (Å²) in [7, 11) is -5.61. The molecule has 0 radical (unpaired) electrons. The second kappa shape index (κ2) is 12.1. The van der Waals surface area contributed by atoms with Gasteiger partial charge in [-0.15, -0.1) is 6.42 Å². The molecule has 0 amide bonds. The molecule has 1 atom stereocenters. The third-order valence-corrected chi connectivity index (χ3v) is 17.8. The maximum Gasteiger partial charge on any atom is 0.262 e. The molecule has 4 rings (SSSR count). The lowest BCUT2D eigenvalue weighted by Crippen LogP contribution is -2.69. The highest BCUT2D eigenvalue weighted by Gasteiger charge is 2.53. The summed E-state index contributed by atoms with van der Waals surface area (Å²) < 4.78 is 14.5. The molecule has 0 aliphatic carbocycles. The van der Waals surface area contributed by atoms with E-state index in [2.05, 4.69) is 169 Å². The Morgan fingerprint density at radius 2 is 0.850 bits per heavy atom. The minimum atomic E-state index is -2.84. The smallest absolute Gasteiger partial charge is 0.262 e. The maximum atomic E-state index is 7.30. The maximum absolute atomic E-state index is 7.30. The Morgan fingerprint density at radius 3 is 1.12 bits per heavy atom. The van der Waals surface area contributed by atoms with E-state index < -0.39 is 22.7 Å². The van der Waals surface area contributed by atoms with E-state index >= 15 is 0 Å². The number of terminal acetylenes is 1. The van der Waals surface area contributed by atoms with Crippen LogP contribution in [0.1, 0.15) is 41.5 Å². The van der Waals surface area contributed by atoms with E-state index in [9.17, 15) is 0 Å². The van der Waals surface area contributed by atoms with Crippen molar-refractivity contribution in [2.24, 2.45) is 0 Å². The molecule has 4 aromatic rings. The predicted octanol–water partition coefficient (Wildman–Crippen LogP) is 6.14. The summed E-state index contributed by atoms with van der Waals surface area (Å²) in [6.45, 7) is 14.0. The highest BCUT2D eigenvalue weighted by molar-refractivity contribution is 7.00. The zero-order valence-corrected chi connectivity index (χ0v) is 26.7. The van der Waals surface area contributed by atoms with Gasteiger partial charge in [0.25, 0.3) is 16.6 Å². The van der Waals surface area contributed by atoms with Crippen molar-refractivity contribution in [3.05, 3.63) is 121 Å². The summed E-state index contributed by atoms with van der Waals surface area (Å²) in [5.41, 5.74) is 0. The summed E-state index contributed by atoms with van der Waals surface area (Å²) in [5.74, 6) is 3.01. The van der Waals surface area contributed by atoms with Crippen LogP contribution in [0, 0.1) is 12.3 Å². The van der Waals surface area contributed by atoms with Gasteiger partial charge in [-0.05, 0) is 30.8 Å². The van der Waals surface area contributed by atoms with Crippen LogP contribution in [-0.2, 0) is 8.85 Å². The standard InChI is InChI=1S/C36H42O2Si2/c1-8-30(38-40(36(5,6)7,33-25-17-11-18-26-33)34-27-19-12-20-28-34)29-37-39(35(2,3)4,31-21-13-9-14-22-31)32-23-15-10-16-24-32/h1,9-28,30H,29H2,2-7H3. The Kier molecular flexibility index (Phi) is 9.02. The quantitative estimate of drug-likeness (QED) is 0.180. The van der Waals surface area contributed by atoms with Crippen molar-refractivity contribution in [2.75, 3.05) is 6.61 Å². The summed E-state index contributed by atoms with van der Waals surface area (Å²) in [5, 5.41) is 4.55. The van der Waals surface area contributed by atoms with Crippen LogP contribution in [0.3, 0.4) is 0 Å². The van der Waals surface area contributed by atoms with Crippen LogP contribution >= 0.6 is 0 Å². The molecule has 0 spiro atoms. The predicted molar refractivity (Wildman–Crippen MR) is 175 cm³/mol. The fourth-order valence-electron chi connectivity index (χ4n) is 5.98. The average molecular weight is 563 g/mol. The van der Waals surface area contributed by atoms with Gasteiger partial charge in [0.2, 0.25) is 0 Å². The van der Waals surface area contributed by atoms with Crippen molar-refractivity contribution in [2.45, 2.75) is 57.7 Å². The molecule has 0 fully saturated rings. The van der Waals surface area contributed by atoms with E-state index in [1.807, 2.05) is 0 Å². The fourth-order valence-corrected chi connectivity index (χ4v) is 15.1. The molecule has 0 aliphatic heterocycles. The molecule has 0 saturated heterocycles. The molecule has 206 valence electrons. The Morgan fingerprint density at radius 1 is 0.550 bits per heavy atom. The van der Waals surface area contributed by atoms with Gasteiger partial charge in [0.15, 0.2) is 0 Å². The fraction of sp³-hybridized carbons (Fsp3) is 0.278. The Balaban J connectivity index is 1.82. The SMILES string of the molecule is C#CC(CO[Si](c1ccccc1)(c1ccccc1)C(C)(C)C)O[Si](c1ccccc1)(c1ccccc1)C(C)(C)C. The van der Waals surface area contributed by atoms with Crippen molar-refractivity contribution in [3.8, 4) is 12.3 Å². The van der Waals surface area contributed by atoms with Gasteiger partial charge >= 0.3 is 0 Å². The van der Waals surface area contributed by atoms with E-state index in [1.165, 1.54) is 20.7 Å². The van der Waals surface area contributed by atoms with Crippen LogP contribution in [-0.4, -0.2) is 29.3 Å². The first-order valence-electron chi connectivity index (χ1n) is 14.1. The van der Waals surface area contributed by atoms with E-state index in [0.29, 0.717) is 6.61 Å². The normalized spacial score (nSPS) is 13.4. The minimum absolute atomic E-state index is 0.147. The third-order valence-electron chi connectivity index (χ3n) is 7.79. The van der Waals surface area contributed by atoms with Crippen molar-refractivity contribution in [1.29, 1.82) is 0 Å². The number of hydrogen-bond donors (Lipinski definition) is 0. The average Bonchev–Trinajstić information content (AvgIpc) is 2.96. The van der Waals surface area contributed by atoms with Crippen LogP contribution in [0.25, 0.3) is 0 Å². The molecule has 0 aromatic heterocycles. The number of rotatable bonds is 9. The van der Waals surface area contributed by atoms with Crippen LogP contribution in [0.2, 0.25) is 10.1 Å². The van der Waals surface area contributed by atoms with Crippen LogP contribution < -0.4 is 20.7 Å². The number of hydrogen-bond acceptors (Lipinski definition) is 2. The lowest BCUT2D eigenvalue weighted by atomic mass is 10.2. The van der Waals surface area contributed by atoms with Gasteiger partial charge in [0.05, 0.1) is 6.61 Å². The van der Waals surface area contributed by atoms with Crippen molar-refractivity contribution >= 4 is 37.4 Å². The molecular weight excluding hydrogens is 521 g/mol. The minimum Gasteiger partial charge on any atom is -0.404 e. The Bertz CT molecular complexity index is 1310. The Labute approximate surface area is 243 Å². The van der Waals surface area contributed by atoms with Gasteiger partial charge < -0.3 is 8.85 Å².